The first-order chi connectivity index (χ1) is 18.9. The van der Waals surface area contributed by atoms with Gasteiger partial charge in [0.1, 0.15) is 11.8 Å². The van der Waals surface area contributed by atoms with Crippen molar-refractivity contribution in [2.75, 3.05) is 6.61 Å². The molecule has 0 spiro atoms. The van der Waals surface area contributed by atoms with Crippen LogP contribution in [0.15, 0.2) is 95.5 Å². The van der Waals surface area contributed by atoms with E-state index in [1.165, 1.54) is 0 Å². The van der Waals surface area contributed by atoms with Crippen LogP contribution in [0.25, 0.3) is 10.8 Å². The van der Waals surface area contributed by atoms with Crippen molar-refractivity contribution in [3.05, 3.63) is 112 Å². The second-order valence-corrected chi connectivity index (χ2v) is 10.8. The molecule has 0 unspecified atom stereocenters. The Morgan fingerprint density at radius 1 is 0.949 bits per heavy atom. The summed E-state index contributed by atoms with van der Waals surface area (Å²) in [4.78, 5) is 29.1. The number of halogens is 2. The van der Waals surface area contributed by atoms with Gasteiger partial charge in [0.05, 0.1) is 4.47 Å². The Bertz CT molecular complexity index is 1430. The van der Waals surface area contributed by atoms with Crippen LogP contribution < -0.4 is 10.1 Å². The fraction of sp³-hybridized carbons (Fsp3) is 0.250. The van der Waals surface area contributed by atoms with Crippen molar-refractivity contribution in [1.82, 2.24) is 10.2 Å². The van der Waals surface area contributed by atoms with Gasteiger partial charge in [0.2, 0.25) is 5.91 Å². The molecule has 0 fully saturated rings. The lowest BCUT2D eigenvalue weighted by molar-refractivity contribution is -0.143. The Morgan fingerprint density at radius 3 is 2.41 bits per heavy atom. The van der Waals surface area contributed by atoms with Crippen LogP contribution in [0.2, 0.25) is 5.02 Å². The largest absolute Gasteiger partial charge is 0.483 e. The monoisotopic (exact) mass is 606 g/mol. The van der Waals surface area contributed by atoms with E-state index in [4.69, 9.17) is 16.3 Å². The first-order valence-electron chi connectivity index (χ1n) is 13.0. The average Bonchev–Trinajstić information content (AvgIpc) is 2.95. The number of amides is 2. The molecular weight excluding hydrogens is 576 g/mol. The lowest BCUT2D eigenvalue weighted by atomic mass is 10.0. The molecule has 0 aromatic heterocycles. The molecule has 0 heterocycles. The minimum Gasteiger partial charge on any atom is -0.483 e. The highest BCUT2D eigenvalue weighted by molar-refractivity contribution is 9.10. The van der Waals surface area contributed by atoms with Crippen molar-refractivity contribution in [1.29, 1.82) is 0 Å². The molecule has 7 heteroatoms. The topological polar surface area (TPSA) is 58.6 Å². The summed E-state index contributed by atoms with van der Waals surface area (Å²) in [6, 6.07) is 28.1. The predicted octanol–water partition coefficient (Wildman–Crippen LogP) is 7.19. The number of nitrogens with one attached hydrogen (secondary N) is 1. The van der Waals surface area contributed by atoms with Gasteiger partial charge in [0.15, 0.2) is 6.61 Å². The van der Waals surface area contributed by atoms with Crippen molar-refractivity contribution in [3.8, 4) is 5.75 Å². The van der Waals surface area contributed by atoms with E-state index in [1.54, 1.807) is 11.0 Å². The number of ether oxygens (including phenoxy) is 1. The molecule has 0 saturated carbocycles. The van der Waals surface area contributed by atoms with E-state index in [1.807, 2.05) is 98.8 Å². The number of fused-ring (bicyclic) bond motifs is 1. The lowest BCUT2D eigenvalue weighted by Crippen LogP contribution is -2.53. The molecule has 0 aliphatic carbocycles. The van der Waals surface area contributed by atoms with Crippen LogP contribution in [-0.2, 0) is 22.6 Å². The molecule has 202 valence electrons. The summed E-state index contributed by atoms with van der Waals surface area (Å²) in [5, 5.41) is 5.71. The number of benzene rings is 4. The highest BCUT2D eigenvalue weighted by Gasteiger charge is 2.31. The van der Waals surface area contributed by atoms with Gasteiger partial charge in [-0.15, -0.1) is 0 Å². The van der Waals surface area contributed by atoms with Gasteiger partial charge in [-0.1, -0.05) is 91.3 Å². The number of nitrogens with zero attached hydrogens (tertiary/aromatic N) is 1. The standard InChI is InChI=1S/C32H32BrClN2O3/c1-3-22(2)35-32(38)28(19-23-10-5-4-6-11-23)36(20-24-12-9-14-26(34)18-24)30(37)21-39-29-17-16-25-13-7-8-15-27(25)31(29)33/h4-18,22,28H,3,19-21H2,1-2H3,(H,35,38)/t22-,28+/m0/s1. The summed E-state index contributed by atoms with van der Waals surface area (Å²) >= 11 is 9.89. The Hall–Kier alpha value is -3.35. The summed E-state index contributed by atoms with van der Waals surface area (Å²) in [5.41, 5.74) is 1.79. The molecule has 1 N–H and O–H groups in total. The van der Waals surface area contributed by atoms with Crippen LogP contribution in [0.3, 0.4) is 0 Å². The zero-order valence-corrected chi connectivity index (χ0v) is 24.4. The van der Waals surface area contributed by atoms with E-state index in [2.05, 4.69) is 21.2 Å². The third-order valence-electron chi connectivity index (χ3n) is 6.69. The van der Waals surface area contributed by atoms with Gasteiger partial charge in [0, 0.05) is 24.0 Å². The Labute approximate surface area is 243 Å². The van der Waals surface area contributed by atoms with E-state index in [9.17, 15) is 9.59 Å². The Kier molecular flexibility index (Phi) is 10.0. The average molecular weight is 608 g/mol. The van der Waals surface area contributed by atoms with Gasteiger partial charge in [0.25, 0.3) is 5.91 Å². The maximum atomic E-state index is 13.8. The van der Waals surface area contributed by atoms with E-state index in [-0.39, 0.29) is 31.0 Å². The second kappa shape index (κ2) is 13.6. The van der Waals surface area contributed by atoms with Crippen LogP contribution in [-0.4, -0.2) is 35.4 Å². The molecule has 2 amide bonds. The third kappa shape index (κ3) is 7.61. The van der Waals surface area contributed by atoms with Crippen molar-refractivity contribution < 1.29 is 14.3 Å². The second-order valence-electron chi connectivity index (χ2n) is 9.56. The number of rotatable bonds is 11. The van der Waals surface area contributed by atoms with Crippen LogP contribution in [0.5, 0.6) is 5.75 Å². The third-order valence-corrected chi connectivity index (χ3v) is 7.75. The zero-order valence-electron chi connectivity index (χ0n) is 22.1. The molecule has 39 heavy (non-hydrogen) atoms. The summed E-state index contributed by atoms with van der Waals surface area (Å²) in [6.07, 6.45) is 1.15. The summed E-state index contributed by atoms with van der Waals surface area (Å²) in [6.45, 7) is 3.97. The highest BCUT2D eigenvalue weighted by atomic mass is 79.9. The van der Waals surface area contributed by atoms with Gasteiger partial charge in [-0.3, -0.25) is 9.59 Å². The fourth-order valence-electron chi connectivity index (χ4n) is 4.37. The first-order valence-corrected chi connectivity index (χ1v) is 14.2. The maximum absolute atomic E-state index is 13.8. The van der Waals surface area contributed by atoms with E-state index in [0.717, 1.165) is 32.8 Å². The highest BCUT2D eigenvalue weighted by Crippen LogP contribution is 2.33. The van der Waals surface area contributed by atoms with E-state index >= 15 is 0 Å². The Balaban J connectivity index is 1.64. The number of hydrogen-bond donors (Lipinski definition) is 1. The van der Waals surface area contributed by atoms with Gasteiger partial charge in [-0.2, -0.15) is 0 Å². The minimum absolute atomic E-state index is 0.0244. The van der Waals surface area contributed by atoms with Crippen LogP contribution >= 0.6 is 27.5 Å². The van der Waals surface area contributed by atoms with Gasteiger partial charge >= 0.3 is 0 Å². The summed E-state index contributed by atoms with van der Waals surface area (Å²) in [5.74, 6) is 0.0687. The molecule has 4 rings (SSSR count). The molecule has 0 aliphatic heterocycles. The zero-order chi connectivity index (χ0) is 27.8. The molecule has 2 atom stereocenters. The van der Waals surface area contributed by atoms with E-state index in [0.29, 0.717) is 17.2 Å². The van der Waals surface area contributed by atoms with Crippen molar-refractivity contribution in [2.45, 2.75) is 45.3 Å². The van der Waals surface area contributed by atoms with Crippen LogP contribution in [0.4, 0.5) is 0 Å². The normalized spacial score (nSPS) is 12.5. The maximum Gasteiger partial charge on any atom is 0.261 e. The molecule has 0 saturated heterocycles. The summed E-state index contributed by atoms with van der Waals surface area (Å²) < 4.78 is 6.82. The molecule has 4 aromatic carbocycles. The molecule has 0 aliphatic rings. The van der Waals surface area contributed by atoms with Crippen LogP contribution in [0, 0.1) is 0 Å². The lowest BCUT2D eigenvalue weighted by Gasteiger charge is -2.32. The van der Waals surface area contributed by atoms with Gasteiger partial charge in [-0.05, 0) is 69.4 Å². The molecule has 4 aromatic rings. The summed E-state index contributed by atoms with van der Waals surface area (Å²) in [7, 11) is 0. The van der Waals surface area contributed by atoms with Crippen LogP contribution in [0.1, 0.15) is 31.4 Å². The van der Waals surface area contributed by atoms with Crippen molar-refractivity contribution in [3.63, 3.8) is 0 Å². The molecule has 0 bridgehead atoms. The first kappa shape index (κ1) is 28.7. The molecule has 5 nitrogen and oxygen atoms in total. The quantitative estimate of drug-likeness (QED) is 0.196. The van der Waals surface area contributed by atoms with Gasteiger partial charge < -0.3 is 15.0 Å². The number of carbonyl (C=O) groups excluding carboxylic acids is 2. The van der Waals surface area contributed by atoms with Gasteiger partial charge in [-0.25, -0.2) is 0 Å². The number of hydrogen-bond acceptors (Lipinski definition) is 3. The SMILES string of the molecule is CC[C@H](C)NC(=O)[C@@H](Cc1ccccc1)N(Cc1cccc(Cl)c1)C(=O)COc1ccc2ccccc2c1Br. The van der Waals surface area contributed by atoms with Crippen molar-refractivity contribution in [2.24, 2.45) is 0 Å². The predicted molar refractivity (Wildman–Crippen MR) is 161 cm³/mol. The van der Waals surface area contributed by atoms with E-state index < -0.39 is 6.04 Å². The molecule has 0 radical (unpaired) electrons. The fourth-order valence-corrected chi connectivity index (χ4v) is 5.20. The minimum atomic E-state index is -0.739. The molecular formula is C32H32BrClN2O3. The number of carbonyl (C=O) groups is 2. The smallest absolute Gasteiger partial charge is 0.261 e. The van der Waals surface area contributed by atoms with Crippen molar-refractivity contribution >= 4 is 50.1 Å². The Morgan fingerprint density at radius 2 is 1.67 bits per heavy atom.